The van der Waals surface area contributed by atoms with Crippen LogP contribution in [0.4, 0.5) is 0 Å². The fourth-order valence-electron chi connectivity index (χ4n) is 7.81. The molecule has 0 radical (unpaired) electrons. The van der Waals surface area contributed by atoms with Crippen LogP contribution in [-0.2, 0) is 25.3 Å². The zero-order chi connectivity index (χ0) is 44.4. The van der Waals surface area contributed by atoms with Crippen LogP contribution in [0.25, 0.3) is 66.8 Å². The number of hydrogen-bond donors (Lipinski definition) is 4. The Balaban J connectivity index is 0.000000162. The SMILES string of the molecule is CCC(O)(c1ccncc1)c1cc(-c2c[nH]c3ncc(-c4cnn(C)c4)cc23)nc(OC)n1.CCC(O)(c1ccncc1)c1cc(-c2c[nH]c3ncc(-c4cnn(C)c4)cc23)ncn1. The van der Waals surface area contributed by atoms with Crippen molar-refractivity contribution in [1.82, 2.24) is 69.4 Å². The minimum absolute atomic E-state index is 0.175. The molecule has 0 aromatic carbocycles. The normalized spacial score (nSPS) is 13.3. The largest absolute Gasteiger partial charge is 0.467 e. The van der Waals surface area contributed by atoms with Crippen molar-refractivity contribution in [2.24, 2.45) is 14.1 Å². The molecular weight excluding hydrogens is 809 g/mol. The Labute approximate surface area is 367 Å². The molecule has 0 saturated heterocycles. The first-order chi connectivity index (χ1) is 31.1. The highest BCUT2D eigenvalue weighted by Crippen LogP contribution is 2.38. The predicted molar refractivity (Wildman–Crippen MR) is 240 cm³/mol. The monoisotopic (exact) mass is 852 g/mol. The molecule has 0 spiro atoms. The average molecular weight is 853 g/mol. The van der Waals surface area contributed by atoms with E-state index in [-0.39, 0.29) is 6.01 Å². The second kappa shape index (κ2) is 17.0. The van der Waals surface area contributed by atoms with Crippen molar-refractivity contribution in [2.45, 2.75) is 37.9 Å². The molecule has 0 aliphatic carbocycles. The summed E-state index contributed by atoms with van der Waals surface area (Å²) in [6.45, 7) is 3.84. The number of nitrogens with one attached hydrogen (secondary N) is 2. The summed E-state index contributed by atoms with van der Waals surface area (Å²) in [5, 5.41) is 33.4. The van der Waals surface area contributed by atoms with Crippen molar-refractivity contribution in [3.05, 3.63) is 152 Å². The molecule has 10 heterocycles. The Hall–Kier alpha value is -8.02. The maximum absolute atomic E-state index is 11.6. The van der Waals surface area contributed by atoms with Gasteiger partial charge in [-0.25, -0.2) is 19.9 Å². The van der Waals surface area contributed by atoms with E-state index >= 15 is 0 Å². The lowest BCUT2D eigenvalue weighted by atomic mass is 9.87. The lowest BCUT2D eigenvalue weighted by molar-refractivity contribution is 0.0708. The molecule has 10 aromatic heterocycles. The van der Waals surface area contributed by atoms with Gasteiger partial charge in [-0.05, 0) is 72.5 Å². The van der Waals surface area contributed by atoms with Crippen molar-refractivity contribution in [3.63, 3.8) is 0 Å². The van der Waals surface area contributed by atoms with Crippen molar-refractivity contribution in [1.29, 1.82) is 0 Å². The third-order valence-electron chi connectivity index (χ3n) is 11.4. The number of hydrogen-bond acceptors (Lipinski definition) is 13. The van der Waals surface area contributed by atoms with Crippen LogP contribution in [0.2, 0.25) is 0 Å². The number of aromatic amines is 2. The molecule has 10 aromatic rings. The van der Waals surface area contributed by atoms with Gasteiger partial charge in [0.15, 0.2) is 0 Å². The fourth-order valence-corrected chi connectivity index (χ4v) is 7.81. The Bertz CT molecular complexity index is 3220. The van der Waals surface area contributed by atoms with Crippen molar-refractivity contribution in [2.75, 3.05) is 7.11 Å². The smallest absolute Gasteiger partial charge is 0.317 e. The first-order valence-corrected chi connectivity index (χ1v) is 20.5. The Morgan fingerprint density at radius 1 is 0.594 bits per heavy atom. The molecule has 4 N–H and O–H groups in total. The number of fused-ring (bicyclic) bond motifs is 2. The van der Waals surface area contributed by atoms with Crippen LogP contribution in [0, 0.1) is 0 Å². The Morgan fingerprint density at radius 2 is 1.09 bits per heavy atom. The van der Waals surface area contributed by atoms with Gasteiger partial charge >= 0.3 is 6.01 Å². The second-order valence-corrected chi connectivity index (χ2v) is 15.3. The minimum atomic E-state index is -1.32. The van der Waals surface area contributed by atoms with Crippen LogP contribution < -0.4 is 4.74 Å². The highest BCUT2D eigenvalue weighted by Gasteiger charge is 2.34. The third-order valence-corrected chi connectivity index (χ3v) is 11.4. The van der Waals surface area contributed by atoms with E-state index in [9.17, 15) is 10.2 Å². The molecule has 0 amide bonds. The topological polar surface area (TPSA) is 220 Å². The van der Waals surface area contributed by atoms with Gasteiger partial charge in [0.05, 0.1) is 42.3 Å². The summed E-state index contributed by atoms with van der Waals surface area (Å²) in [5.41, 5.74) is 8.31. The van der Waals surface area contributed by atoms with Gasteiger partial charge in [-0.1, -0.05) is 13.8 Å². The summed E-state index contributed by atoms with van der Waals surface area (Å²) in [6, 6.07) is 15.1. The molecule has 17 heteroatoms. The number of nitrogens with zero attached hydrogens (tertiary/aromatic N) is 12. The van der Waals surface area contributed by atoms with Crippen LogP contribution in [-0.4, -0.2) is 86.7 Å². The molecular formula is C47H44N14O3. The molecule has 0 saturated carbocycles. The summed E-state index contributed by atoms with van der Waals surface area (Å²) < 4.78 is 8.91. The molecule has 2 unspecified atom stereocenters. The van der Waals surface area contributed by atoms with E-state index in [1.165, 1.54) is 13.4 Å². The van der Waals surface area contributed by atoms with Gasteiger partial charge in [0.25, 0.3) is 0 Å². The zero-order valence-corrected chi connectivity index (χ0v) is 35.7. The van der Waals surface area contributed by atoms with Crippen LogP contribution in [0.3, 0.4) is 0 Å². The van der Waals surface area contributed by atoms with E-state index in [0.717, 1.165) is 61.0 Å². The van der Waals surface area contributed by atoms with Crippen molar-refractivity contribution < 1.29 is 14.9 Å². The lowest BCUT2D eigenvalue weighted by Gasteiger charge is -2.27. The van der Waals surface area contributed by atoms with Crippen molar-refractivity contribution in [3.8, 4) is 50.8 Å². The Morgan fingerprint density at radius 3 is 1.58 bits per heavy atom. The van der Waals surface area contributed by atoms with Gasteiger partial charge in [0.1, 0.15) is 28.8 Å². The molecule has 0 fully saturated rings. The molecule has 2 atom stereocenters. The van der Waals surface area contributed by atoms with E-state index in [0.29, 0.717) is 41.2 Å². The maximum Gasteiger partial charge on any atom is 0.317 e. The number of aromatic nitrogens is 14. The van der Waals surface area contributed by atoms with Crippen LogP contribution in [0.5, 0.6) is 6.01 Å². The quantitative estimate of drug-likeness (QED) is 0.104. The highest BCUT2D eigenvalue weighted by molar-refractivity contribution is 5.96. The van der Waals surface area contributed by atoms with Gasteiger partial charge in [-0.15, -0.1) is 0 Å². The second-order valence-electron chi connectivity index (χ2n) is 15.3. The first-order valence-electron chi connectivity index (χ1n) is 20.5. The van der Waals surface area contributed by atoms with E-state index in [2.05, 4.69) is 66.1 Å². The van der Waals surface area contributed by atoms with E-state index in [1.807, 2.05) is 83.5 Å². The number of methoxy groups -OCH3 is 1. The highest BCUT2D eigenvalue weighted by atomic mass is 16.5. The van der Waals surface area contributed by atoms with Gasteiger partial charge in [0, 0.05) is 120 Å². The lowest BCUT2D eigenvalue weighted by Crippen LogP contribution is -2.28. The van der Waals surface area contributed by atoms with E-state index < -0.39 is 11.2 Å². The summed E-state index contributed by atoms with van der Waals surface area (Å²) in [4.78, 5) is 41.6. The van der Waals surface area contributed by atoms with Gasteiger partial charge < -0.3 is 24.9 Å². The van der Waals surface area contributed by atoms with Gasteiger partial charge in [-0.3, -0.25) is 19.3 Å². The average Bonchev–Trinajstić information content (AvgIpc) is 4.18. The van der Waals surface area contributed by atoms with Crippen LogP contribution in [0.15, 0.2) is 129 Å². The van der Waals surface area contributed by atoms with Gasteiger partial charge in [-0.2, -0.15) is 20.2 Å². The maximum atomic E-state index is 11.6. The molecule has 0 aliphatic rings. The summed E-state index contributed by atoms with van der Waals surface area (Å²) in [7, 11) is 5.28. The summed E-state index contributed by atoms with van der Waals surface area (Å²) >= 11 is 0. The zero-order valence-electron chi connectivity index (χ0n) is 35.7. The van der Waals surface area contributed by atoms with Crippen LogP contribution >= 0.6 is 0 Å². The van der Waals surface area contributed by atoms with E-state index in [4.69, 9.17) is 4.74 Å². The summed E-state index contributed by atoms with van der Waals surface area (Å²) in [5.74, 6) is 0. The Kier molecular flexibility index (Phi) is 11.0. The number of ether oxygens (including phenoxy) is 1. The number of aliphatic hydroxyl groups is 2. The predicted octanol–water partition coefficient (Wildman–Crippen LogP) is 6.93. The number of rotatable bonds is 11. The standard InChI is InChI=1S/C24H23N7O2.C23H21N7O/c1-4-24(32,17-5-7-25-8-6-17)21-10-20(29-23(30-21)33-3)19-13-27-22-18(19)9-15(11-26-22)16-12-28-31(2)14-16;1-3-23(31,17-4-6-24-7-5-17)21-9-20(27-14-28-21)19-12-26-22-18(19)8-15(10-25-22)16-11-29-30(2)13-16/h5-14,32H,4H2,1-3H3,(H,26,27);4-14,31H,3H2,1-2H3,(H,25,26). The third kappa shape index (κ3) is 7.73. The number of pyridine rings is 4. The van der Waals surface area contributed by atoms with Crippen molar-refractivity contribution >= 4 is 22.1 Å². The molecule has 0 aliphatic heterocycles. The number of aryl methyl sites for hydroxylation is 2. The molecule has 10 rings (SSSR count). The van der Waals surface area contributed by atoms with Crippen LogP contribution in [0.1, 0.15) is 49.2 Å². The molecule has 17 nitrogen and oxygen atoms in total. The fraction of sp³-hybridized carbons (Fsp3) is 0.191. The first kappa shape index (κ1) is 41.3. The molecule has 64 heavy (non-hydrogen) atoms. The van der Waals surface area contributed by atoms with Gasteiger partial charge in [0.2, 0.25) is 0 Å². The minimum Gasteiger partial charge on any atom is -0.467 e. The van der Waals surface area contributed by atoms with E-state index in [1.54, 1.807) is 70.7 Å². The molecule has 320 valence electrons. The molecule has 0 bridgehead atoms. The summed E-state index contributed by atoms with van der Waals surface area (Å²) in [6.07, 6.45) is 23.9. The number of H-pyrrole nitrogens is 2.